The average molecular weight is 477 g/mol. The van der Waals surface area contributed by atoms with Gasteiger partial charge in [0.2, 0.25) is 5.79 Å². The van der Waals surface area contributed by atoms with E-state index in [1.165, 1.54) is 7.11 Å². The van der Waals surface area contributed by atoms with Gasteiger partial charge in [0, 0.05) is 19.3 Å². The minimum atomic E-state index is -3.10. The Kier molecular flexibility index (Phi) is 11.7. The molecule has 33 heavy (non-hydrogen) atoms. The zero-order valence-electron chi connectivity index (χ0n) is 20.1. The normalized spacial score (nSPS) is 27.5. The summed E-state index contributed by atoms with van der Waals surface area (Å²) in [5, 5.41) is 21.0. The van der Waals surface area contributed by atoms with Crippen molar-refractivity contribution in [2.24, 2.45) is 11.8 Å². The molecule has 1 heterocycles. The average Bonchev–Trinajstić information content (AvgIpc) is 3.37. The van der Waals surface area contributed by atoms with E-state index >= 15 is 8.78 Å². The molecule has 2 aliphatic rings. The van der Waals surface area contributed by atoms with Crippen molar-refractivity contribution in [3.8, 4) is 0 Å². The molecule has 0 aromatic carbocycles. The maximum Gasteiger partial charge on any atom is 0.305 e. The van der Waals surface area contributed by atoms with Gasteiger partial charge >= 0.3 is 11.9 Å². The first-order valence-corrected chi connectivity index (χ1v) is 12.5. The van der Waals surface area contributed by atoms with Gasteiger partial charge in [0.15, 0.2) is 0 Å². The lowest BCUT2D eigenvalue weighted by molar-refractivity contribution is -0.297. The molecule has 1 aliphatic heterocycles. The van der Waals surface area contributed by atoms with E-state index in [2.05, 4.69) is 4.74 Å². The SMILES string of the molecule is CCCCCCC(F)(F)C1(CC[C@H]2[C@H](O)CC(O)[C@@H]2CC=CCCCC(=O)OC)OCCO1. The number of rotatable bonds is 15. The molecule has 0 spiro atoms. The van der Waals surface area contributed by atoms with Crippen molar-refractivity contribution in [3.05, 3.63) is 12.2 Å². The van der Waals surface area contributed by atoms with E-state index in [0.717, 1.165) is 19.3 Å². The molecule has 1 unspecified atom stereocenters. The highest BCUT2D eigenvalue weighted by Gasteiger charge is 2.58. The minimum Gasteiger partial charge on any atom is -0.469 e. The first-order valence-electron chi connectivity index (χ1n) is 12.5. The summed E-state index contributed by atoms with van der Waals surface area (Å²) in [5.41, 5.74) is 0. The fourth-order valence-electron chi connectivity index (χ4n) is 5.06. The van der Waals surface area contributed by atoms with Gasteiger partial charge in [-0.3, -0.25) is 4.79 Å². The number of unbranched alkanes of at least 4 members (excludes halogenated alkanes) is 4. The third-order valence-electron chi connectivity index (χ3n) is 7.04. The fourth-order valence-corrected chi connectivity index (χ4v) is 5.06. The van der Waals surface area contributed by atoms with Crippen LogP contribution in [0, 0.1) is 11.8 Å². The second-order valence-corrected chi connectivity index (χ2v) is 9.38. The van der Waals surface area contributed by atoms with Gasteiger partial charge in [-0.25, -0.2) is 8.78 Å². The Morgan fingerprint density at radius 1 is 1.09 bits per heavy atom. The van der Waals surface area contributed by atoms with Crippen molar-refractivity contribution >= 4 is 5.97 Å². The highest BCUT2D eigenvalue weighted by molar-refractivity contribution is 5.69. The van der Waals surface area contributed by atoms with Gasteiger partial charge in [-0.15, -0.1) is 0 Å². The van der Waals surface area contributed by atoms with Gasteiger partial charge < -0.3 is 24.4 Å². The van der Waals surface area contributed by atoms with Crippen LogP contribution < -0.4 is 0 Å². The van der Waals surface area contributed by atoms with Gasteiger partial charge in [-0.05, 0) is 50.4 Å². The van der Waals surface area contributed by atoms with Gasteiger partial charge in [-0.1, -0.05) is 38.3 Å². The van der Waals surface area contributed by atoms with Crippen LogP contribution in [-0.4, -0.2) is 60.4 Å². The molecule has 2 N–H and O–H groups in total. The minimum absolute atomic E-state index is 0.0123. The van der Waals surface area contributed by atoms with Crippen molar-refractivity contribution in [2.45, 2.75) is 108 Å². The Labute approximate surface area is 196 Å². The van der Waals surface area contributed by atoms with Gasteiger partial charge in [-0.2, -0.15) is 0 Å². The molecule has 0 bridgehead atoms. The highest BCUT2D eigenvalue weighted by atomic mass is 19.3. The molecule has 0 aromatic rings. The number of hydrogen-bond acceptors (Lipinski definition) is 6. The van der Waals surface area contributed by atoms with E-state index in [9.17, 15) is 15.0 Å². The lowest BCUT2D eigenvalue weighted by Crippen LogP contribution is -2.49. The second-order valence-electron chi connectivity index (χ2n) is 9.38. The number of methoxy groups -OCH3 is 1. The lowest BCUT2D eigenvalue weighted by atomic mass is 9.84. The van der Waals surface area contributed by atoms with Gasteiger partial charge in [0.1, 0.15) is 0 Å². The number of aliphatic hydroxyl groups is 2. The van der Waals surface area contributed by atoms with Crippen molar-refractivity contribution in [2.75, 3.05) is 20.3 Å². The summed E-state index contributed by atoms with van der Waals surface area (Å²) in [6.07, 6.45) is 8.08. The summed E-state index contributed by atoms with van der Waals surface area (Å²) in [5.74, 6) is -5.81. The third-order valence-corrected chi connectivity index (χ3v) is 7.04. The summed E-state index contributed by atoms with van der Waals surface area (Å²) in [4.78, 5) is 11.2. The topological polar surface area (TPSA) is 85.2 Å². The summed E-state index contributed by atoms with van der Waals surface area (Å²) >= 11 is 0. The predicted molar refractivity (Wildman–Crippen MR) is 121 cm³/mol. The van der Waals surface area contributed by atoms with Crippen molar-refractivity contribution in [1.82, 2.24) is 0 Å². The molecule has 1 saturated heterocycles. The molecule has 8 heteroatoms. The van der Waals surface area contributed by atoms with Crippen LogP contribution in [0.5, 0.6) is 0 Å². The van der Waals surface area contributed by atoms with Crippen LogP contribution in [0.1, 0.15) is 84.0 Å². The monoisotopic (exact) mass is 476 g/mol. The first-order chi connectivity index (χ1) is 15.8. The molecule has 0 radical (unpaired) electrons. The van der Waals surface area contributed by atoms with Crippen LogP contribution in [0.15, 0.2) is 12.2 Å². The van der Waals surface area contributed by atoms with Crippen LogP contribution >= 0.6 is 0 Å². The van der Waals surface area contributed by atoms with E-state index in [1.54, 1.807) is 0 Å². The maximum atomic E-state index is 15.2. The number of aliphatic hydroxyl groups excluding tert-OH is 2. The summed E-state index contributed by atoms with van der Waals surface area (Å²) < 4.78 is 45.9. The van der Waals surface area contributed by atoms with E-state index in [0.29, 0.717) is 38.5 Å². The Hall–Kier alpha value is -1.09. The third kappa shape index (κ3) is 7.98. The van der Waals surface area contributed by atoms with Gasteiger partial charge in [0.05, 0.1) is 32.5 Å². The number of carbonyl (C=O) groups is 1. The first kappa shape index (κ1) is 28.1. The molecule has 6 nitrogen and oxygen atoms in total. The largest absolute Gasteiger partial charge is 0.469 e. The standard InChI is InChI=1S/C25H42F2O6/c1-3-4-5-10-14-24(26,27)25(32-16-17-33-25)15-13-20-19(21(28)18-22(20)29)11-8-6-7-9-12-23(30)31-2/h6,8,19-22,28-29H,3-5,7,9-18H2,1-2H3/t19-,20-,21?,22-/m1/s1. The van der Waals surface area contributed by atoms with Crippen LogP contribution in [0.4, 0.5) is 8.78 Å². The van der Waals surface area contributed by atoms with Crippen LogP contribution in [0.25, 0.3) is 0 Å². The Morgan fingerprint density at radius 3 is 2.45 bits per heavy atom. The maximum absolute atomic E-state index is 15.2. The quantitative estimate of drug-likeness (QED) is 0.201. The van der Waals surface area contributed by atoms with Crippen LogP contribution in [0.2, 0.25) is 0 Å². The molecule has 0 amide bonds. The van der Waals surface area contributed by atoms with E-state index in [-0.39, 0.29) is 50.3 Å². The molecule has 2 rings (SSSR count). The van der Waals surface area contributed by atoms with E-state index in [4.69, 9.17) is 9.47 Å². The molecule has 0 aromatic heterocycles. The molecule has 192 valence electrons. The number of ether oxygens (including phenoxy) is 3. The number of esters is 1. The second kappa shape index (κ2) is 13.7. The number of carbonyl (C=O) groups excluding carboxylic acids is 1. The zero-order valence-corrected chi connectivity index (χ0v) is 20.1. The van der Waals surface area contributed by atoms with E-state index < -0.39 is 23.9 Å². The van der Waals surface area contributed by atoms with E-state index in [1.807, 2.05) is 19.1 Å². The molecular formula is C25H42F2O6. The van der Waals surface area contributed by atoms with Crippen molar-refractivity contribution in [1.29, 1.82) is 0 Å². The number of alkyl halides is 2. The fraction of sp³-hybridized carbons (Fsp3) is 0.880. The molecular weight excluding hydrogens is 434 g/mol. The molecule has 2 fully saturated rings. The number of allylic oxidation sites excluding steroid dienone is 2. The molecule has 1 saturated carbocycles. The number of halogens is 2. The molecule has 1 aliphatic carbocycles. The molecule has 4 atom stereocenters. The van der Waals surface area contributed by atoms with Gasteiger partial charge in [0.25, 0.3) is 0 Å². The zero-order chi connectivity index (χ0) is 24.3. The lowest BCUT2D eigenvalue weighted by Gasteiger charge is -2.37. The Morgan fingerprint density at radius 2 is 1.79 bits per heavy atom. The smallest absolute Gasteiger partial charge is 0.305 e. The summed E-state index contributed by atoms with van der Waals surface area (Å²) in [6.45, 7) is 2.31. The van der Waals surface area contributed by atoms with Crippen LogP contribution in [0.3, 0.4) is 0 Å². The Bertz CT molecular complexity index is 606. The number of hydrogen-bond donors (Lipinski definition) is 2. The van der Waals surface area contributed by atoms with Crippen molar-refractivity contribution < 1.29 is 38.0 Å². The summed E-state index contributed by atoms with van der Waals surface area (Å²) in [6, 6.07) is 0. The highest BCUT2D eigenvalue weighted by Crippen LogP contribution is 2.46. The summed E-state index contributed by atoms with van der Waals surface area (Å²) in [7, 11) is 1.36. The van der Waals surface area contributed by atoms with Crippen molar-refractivity contribution in [3.63, 3.8) is 0 Å². The predicted octanol–water partition coefficient (Wildman–Crippen LogP) is 4.76. The van der Waals surface area contributed by atoms with Crippen LogP contribution in [-0.2, 0) is 19.0 Å². The Balaban J connectivity index is 1.92.